The fourth-order valence-electron chi connectivity index (χ4n) is 3.48. The Kier molecular flexibility index (Phi) is 2.84. The maximum Gasteiger partial charge on any atom is 0.489 e. The molecule has 0 saturated carbocycles. The topological polar surface area (TPSA) is 40.5 Å². The van der Waals surface area contributed by atoms with Crippen LogP contribution in [-0.4, -0.2) is 17.2 Å². The van der Waals surface area contributed by atoms with Gasteiger partial charge >= 0.3 is 7.12 Å². The molecule has 2 aromatic rings. The van der Waals surface area contributed by atoms with Gasteiger partial charge in [-0.15, -0.1) is 0 Å². The Morgan fingerprint density at radius 3 is 2.48 bits per heavy atom. The first kappa shape index (κ1) is 12.6. The summed E-state index contributed by atoms with van der Waals surface area (Å²) in [5.74, 6) is 0.709. The lowest BCUT2D eigenvalue weighted by Crippen LogP contribution is -2.32. The molecule has 0 spiro atoms. The molecule has 0 bridgehead atoms. The van der Waals surface area contributed by atoms with Crippen LogP contribution in [0.3, 0.4) is 0 Å². The third kappa shape index (κ3) is 1.89. The molecule has 0 heterocycles. The monoisotopic (exact) mass is 274 g/mol. The molecule has 0 fully saturated rings. The minimum absolute atomic E-state index is 0.324. The fraction of sp³-hybridized carbons (Fsp3) is 0.111. The largest absolute Gasteiger partial charge is 0.489 e. The highest BCUT2D eigenvalue weighted by Gasteiger charge is 2.28. The van der Waals surface area contributed by atoms with E-state index in [2.05, 4.69) is 42.5 Å². The molecule has 0 aromatic heterocycles. The zero-order chi connectivity index (χ0) is 14.4. The normalized spacial score (nSPS) is 22.2. The van der Waals surface area contributed by atoms with Gasteiger partial charge in [-0.1, -0.05) is 66.8 Å². The van der Waals surface area contributed by atoms with Gasteiger partial charge in [0.15, 0.2) is 0 Å². The fourth-order valence-corrected chi connectivity index (χ4v) is 3.48. The number of benzene rings is 2. The van der Waals surface area contributed by atoms with Gasteiger partial charge in [0.2, 0.25) is 0 Å². The van der Waals surface area contributed by atoms with Crippen LogP contribution in [0.5, 0.6) is 0 Å². The molecule has 2 nitrogen and oxygen atoms in total. The quantitative estimate of drug-likeness (QED) is 0.784. The average molecular weight is 274 g/mol. The molecule has 2 aliphatic rings. The first-order valence-corrected chi connectivity index (χ1v) is 7.20. The van der Waals surface area contributed by atoms with Gasteiger partial charge in [-0.2, -0.15) is 0 Å². The summed E-state index contributed by atoms with van der Waals surface area (Å²) in [5, 5.41) is 21.4. The smallest absolute Gasteiger partial charge is 0.423 e. The predicted octanol–water partition coefficient (Wildman–Crippen LogP) is 2.37. The van der Waals surface area contributed by atoms with Crippen LogP contribution in [0.1, 0.15) is 17.0 Å². The van der Waals surface area contributed by atoms with Crippen LogP contribution in [0.4, 0.5) is 0 Å². The van der Waals surface area contributed by atoms with E-state index >= 15 is 0 Å². The lowest BCUT2D eigenvalue weighted by atomic mass is 9.70. The van der Waals surface area contributed by atoms with Crippen molar-refractivity contribution in [3.8, 4) is 0 Å². The van der Waals surface area contributed by atoms with E-state index in [1.54, 1.807) is 0 Å². The molecular formula is C18H15BO2. The van der Waals surface area contributed by atoms with Crippen molar-refractivity contribution in [1.29, 1.82) is 0 Å². The van der Waals surface area contributed by atoms with Crippen molar-refractivity contribution in [1.82, 2.24) is 0 Å². The molecule has 2 N–H and O–H groups in total. The molecule has 0 aliphatic heterocycles. The Hall–Kier alpha value is -2.10. The Bertz CT molecular complexity index is 802. The van der Waals surface area contributed by atoms with E-state index in [1.807, 2.05) is 24.3 Å². The third-order valence-corrected chi connectivity index (χ3v) is 4.44. The standard InChI is InChI=1S/C18H15BO2/c20-19(21)17-11-13-10-9-12-5-1-2-6-14(12)18(13)16-8-4-3-7-15(16)17/h1-12,14,20-21H. The van der Waals surface area contributed by atoms with E-state index in [1.165, 1.54) is 5.56 Å². The van der Waals surface area contributed by atoms with Gasteiger partial charge in [-0.05, 0) is 27.4 Å². The van der Waals surface area contributed by atoms with Gasteiger partial charge in [0, 0.05) is 11.8 Å². The maximum atomic E-state index is 9.66. The van der Waals surface area contributed by atoms with E-state index in [0.29, 0.717) is 17.3 Å². The molecule has 2 aliphatic carbocycles. The van der Waals surface area contributed by atoms with E-state index < -0.39 is 7.12 Å². The molecule has 3 heteroatoms. The van der Waals surface area contributed by atoms with Gasteiger partial charge in [0.05, 0.1) is 0 Å². The summed E-state index contributed by atoms with van der Waals surface area (Å²) in [4.78, 5) is 0. The summed E-state index contributed by atoms with van der Waals surface area (Å²) >= 11 is 0. The first-order chi connectivity index (χ1) is 10.3. The number of hydrogen-bond acceptors (Lipinski definition) is 2. The zero-order valence-corrected chi connectivity index (χ0v) is 11.5. The van der Waals surface area contributed by atoms with Crippen LogP contribution in [-0.2, 0) is 0 Å². The summed E-state index contributed by atoms with van der Waals surface area (Å²) in [6.07, 6.45) is 12.9. The van der Waals surface area contributed by atoms with Crippen LogP contribution in [0.2, 0.25) is 0 Å². The Balaban J connectivity index is 2.06. The molecule has 102 valence electrons. The zero-order valence-electron chi connectivity index (χ0n) is 11.5. The van der Waals surface area contributed by atoms with E-state index in [-0.39, 0.29) is 0 Å². The molecule has 0 radical (unpaired) electrons. The van der Waals surface area contributed by atoms with Crippen LogP contribution >= 0.6 is 0 Å². The van der Waals surface area contributed by atoms with Crippen molar-refractivity contribution in [2.45, 2.75) is 5.92 Å². The summed E-state index contributed by atoms with van der Waals surface area (Å²) < 4.78 is 0. The SMILES string of the molecule is OB(O)c1cc2c(c3ccccc13)C1C=CC=CC1C=C2. The van der Waals surface area contributed by atoms with Crippen LogP contribution in [0.15, 0.2) is 60.7 Å². The van der Waals surface area contributed by atoms with Gasteiger partial charge < -0.3 is 10.0 Å². The highest BCUT2D eigenvalue weighted by Crippen LogP contribution is 2.41. The average Bonchev–Trinajstić information content (AvgIpc) is 2.53. The molecule has 4 rings (SSSR count). The van der Waals surface area contributed by atoms with Gasteiger partial charge in [0.25, 0.3) is 0 Å². The maximum absolute atomic E-state index is 9.66. The molecule has 2 aromatic carbocycles. The molecular weight excluding hydrogens is 259 g/mol. The molecule has 21 heavy (non-hydrogen) atoms. The highest BCUT2D eigenvalue weighted by atomic mass is 16.4. The van der Waals surface area contributed by atoms with Crippen molar-refractivity contribution in [3.05, 3.63) is 71.8 Å². The molecule has 2 unspecified atom stereocenters. The number of rotatable bonds is 1. The van der Waals surface area contributed by atoms with Crippen molar-refractivity contribution in [3.63, 3.8) is 0 Å². The van der Waals surface area contributed by atoms with E-state index in [9.17, 15) is 10.0 Å². The second-order valence-electron chi connectivity index (χ2n) is 5.62. The number of allylic oxidation sites excluding steroid dienone is 5. The summed E-state index contributed by atoms with van der Waals surface area (Å²) in [6.45, 7) is 0. The number of hydrogen-bond donors (Lipinski definition) is 2. The van der Waals surface area contributed by atoms with Crippen LogP contribution in [0, 0.1) is 5.92 Å². The summed E-state index contributed by atoms with van der Waals surface area (Å²) in [5.41, 5.74) is 2.93. The summed E-state index contributed by atoms with van der Waals surface area (Å²) in [6, 6.07) is 9.88. The van der Waals surface area contributed by atoms with Crippen molar-refractivity contribution < 1.29 is 10.0 Å². The highest BCUT2D eigenvalue weighted by molar-refractivity contribution is 6.62. The molecule has 2 atom stereocenters. The second-order valence-corrected chi connectivity index (χ2v) is 5.62. The minimum atomic E-state index is -1.45. The van der Waals surface area contributed by atoms with Crippen LogP contribution in [0.25, 0.3) is 16.8 Å². The first-order valence-electron chi connectivity index (χ1n) is 7.20. The van der Waals surface area contributed by atoms with Crippen molar-refractivity contribution >= 4 is 29.4 Å². The van der Waals surface area contributed by atoms with Gasteiger partial charge in [-0.3, -0.25) is 0 Å². The third-order valence-electron chi connectivity index (χ3n) is 4.44. The van der Waals surface area contributed by atoms with E-state index in [0.717, 1.165) is 16.3 Å². The minimum Gasteiger partial charge on any atom is -0.423 e. The lowest BCUT2D eigenvalue weighted by Gasteiger charge is -2.29. The Morgan fingerprint density at radius 1 is 0.905 bits per heavy atom. The van der Waals surface area contributed by atoms with Gasteiger partial charge in [0.1, 0.15) is 0 Å². The number of fused-ring (bicyclic) bond motifs is 5. The molecule has 0 amide bonds. The molecule has 0 saturated heterocycles. The Labute approximate surface area is 123 Å². The van der Waals surface area contributed by atoms with Crippen molar-refractivity contribution in [2.75, 3.05) is 0 Å². The van der Waals surface area contributed by atoms with Crippen molar-refractivity contribution in [2.24, 2.45) is 5.92 Å². The Morgan fingerprint density at radius 2 is 1.67 bits per heavy atom. The second kappa shape index (κ2) is 4.73. The lowest BCUT2D eigenvalue weighted by molar-refractivity contribution is 0.426. The van der Waals surface area contributed by atoms with E-state index in [4.69, 9.17) is 0 Å². The summed E-state index contributed by atoms with van der Waals surface area (Å²) in [7, 11) is -1.45. The van der Waals surface area contributed by atoms with Gasteiger partial charge in [-0.25, -0.2) is 0 Å². The van der Waals surface area contributed by atoms with Crippen LogP contribution < -0.4 is 5.46 Å². The predicted molar refractivity (Wildman–Crippen MR) is 87.3 cm³/mol.